The minimum absolute atomic E-state index is 0.0472. The van der Waals surface area contributed by atoms with Crippen molar-refractivity contribution in [3.63, 3.8) is 0 Å². The molecular weight excluding hydrogens is 208 g/mol. The average molecular weight is 222 g/mol. The van der Waals surface area contributed by atoms with E-state index in [1.54, 1.807) is 25.1 Å². The van der Waals surface area contributed by atoms with Gasteiger partial charge in [-0.05, 0) is 30.5 Å². The van der Waals surface area contributed by atoms with E-state index in [9.17, 15) is 14.7 Å². The highest BCUT2D eigenvalue weighted by molar-refractivity contribution is 5.78. The minimum atomic E-state index is -1.51. The fourth-order valence-corrected chi connectivity index (χ4v) is 1.58. The monoisotopic (exact) mass is 222 g/mol. The fourth-order valence-electron chi connectivity index (χ4n) is 1.58. The first-order chi connectivity index (χ1) is 7.41. The lowest BCUT2D eigenvalue weighted by atomic mass is 9.99. The summed E-state index contributed by atoms with van der Waals surface area (Å²) in [6.45, 7) is 3.21. The number of Topliss-reactive ketones (excluding diaryl/α,β-unsaturated/α-hetero) is 1. The van der Waals surface area contributed by atoms with Crippen molar-refractivity contribution in [2.75, 3.05) is 0 Å². The van der Waals surface area contributed by atoms with Crippen LogP contribution in [0.5, 0.6) is 0 Å². The van der Waals surface area contributed by atoms with Crippen molar-refractivity contribution in [3.05, 3.63) is 34.9 Å². The molecule has 0 radical (unpaired) electrons. The van der Waals surface area contributed by atoms with Gasteiger partial charge in [0.1, 0.15) is 5.78 Å². The smallest absolute Gasteiger partial charge is 0.337 e. The van der Waals surface area contributed by atoms with Crippen LogP contribution < -0.4 is 0 Å². The molecule has 2 N–H and O–H groups in total. The third kappa shape index (κ3) is 2.90. The van der Waals surface area contributed by atoms with Crippen LogP contribution in [0.15, 0.2) is 18.2 Å². The van der Waals surface area contributed by atoms with Crippen molar-refractivity contribution in [1.29, 1.82) is 0 Å². The Hall–Kier alpha value is -1.68. The van der Waals surface area contributed by atoms with E-state index in [2.05, 4.69) is 0 Å². The number of rotatable bonds is 4. The van der Waals surface area contributed by atoms with Crippen LogP contribution in [0.1, 0.15) is 29.7 Å². The van der Waals surface area contributed by atoms with Gasteiger partial charge in [-0.1, -0.05) is 18.2 Å². The van der Waals surface area contributed by atoms with Crippen LogP contribution in [0, 0.1) is 6.92 Å². The van der Waals surface area contributed by atoms with Crippen LogP contribution in [0.3, 0.4) is 0 Å². The molecule has 1 unspecified atom stereocenters. The Bertz CT molecular complexity index is 423. The molecular formula is C12H14O4. The largest absolute Gasteiger partial charge is 0.479 e. The van der Waals surface area contributed by atoms with Crippen LogP contribution >= 0.6 is 0 Å². The molecule has 1 atom stereocenters. The molecule has 0 heterocycles. The average Bonchev–Trinajstić information content (AvgIpc) is 2.15. The Balaban J connectivity index is 3.00. The molecule has 0 saturated carbocycles. The zero-order valence-corrected chi connectivity index (χ0v) is 9.23. The van der Waals surface area contributed by atoms with E-state index >= 15 is 0 Å². The van der Waals surface area contributed by atoms with Gasteiger partial charge >= 0.3 is 5.97 Å². The van der Waals surface area contributed by atoms with Gasteiger partial charge in [-0.3, -0.25) is 4.79 Å². The number of carboxylic acid groups (broad SMARTS) is 1. The maximum atomic E-state index is 10.9. The normalized spacial score (nSPS) is 12.2. The molecule has 1 rings (SSSR count). The summed E-state index contributed by atoms with van der Waals surface area (Å²) in [7, 11) is 0. The lowest BCUT2D eigenvalue weighted by Gasteiger charge is -2.10. The molecule has 16 heavy (non-hydrogen) atoms. The standard InChI is InChI=1S/C12H14O4/c1-7-5-9(6-8(2)13)3-4-10(7)11(14)12(15)16/h3-5,11,14H,6H2,1-2H3,(H,15,16). The molecule has 0 fully saturated rings. The summed E-state index contributed by atoms with van der Waals surface area (Å²) >= 11 is 0. The molecule has 86 valence electrons. The highest BCUT2D eigenvalue weighted by Gasteiger charge is 2.17. The fraction of sp³-hybridized carbons (Fsp3) is 0.333. The zero-order chi connectivity index (χ0) is 12.3. The van der Waals surface area contributed by atoms with E-state index in [1.807, 2.05) is 0 Å². The number of aliphatic carboxylic acids is 1. The van der Waals surface area contributed by atoms with Crippen molar-refractivity contribution in [3.8, 4) is 0 Å². The van der Waals surface area contributed by atoms with Crippen LogP contribution in [0.4, 0.5) is 0 Å². The second-order valence-corrected chi connectivity index (χ2v) is 3.81. The van der Waals surface area contributed by atoms with Crippen molar-refractivity contribution >= 4 is 11.8 Å². The van der Waals surface area contributed by atoms with E-state index in [-0.39, 0.29) is 5.78 Å². The number of carbonyl (C=O) groups excluding carboxylic acids is 1. The summed E-state index contributed by atoms with van der Waals surface area (Å²) in [6, 6.07) is 4.94. The number of hydrogen-bond acceptors (Lipinski definition) is 3. The Morgan fingerprint density at radius 3 is 2.44 bits per heavy atom. The van der Waals surface area contributed by atoms with Crippen LogP contribution in [-0.4, -0.2) is 22.0 Å². The molecule has 1 aromatic rings. The molecule has 0 aliphatic carbocycles. The van der Waals surface area contributed by atoms with Gasteiger partial charge in [-0.25, -0.2) is 4.79 Å². The van der Waals surface area contributed by atoms with Gasteiger partial charge in [0.2, 0.25) is 0 Å². The highest BCUT2D eigenvalue weighted by atomic mass is 16.4. The lowest BCUT2D eigenvalue weighted by molar-refractivity contribution is -0.147. The van der Waals surface area contributed by atoms with Crippen molar-refractivity contribution in [2.24, 2.45) is 0 Å². The van der Waals surface area contributed by atoms with E-state index < -0.39 is 12.1 Å². The molecule has 0 aromatic heterocycles. The van der Waals surface area contributed by atoms with Crippen LogP contribution in [0.2, 0.25) is 0 Å². The topological polar surface area (TPSA) is 74.6 Å². The molecule has 0 amide bonds. The second kappa shape index (κ2) is 4.90. The molecule has 1 aromatic carbocycles. The van der Waals surface area contributed by atoms with Gasteiger partial charge in [-0.2, -0.15) is 0 Å². The Morgan fingerprint density at radius 2 is 2.00 bits per heavy atom. The summed E-state index contributed by atoms with van der Waals surface area (Å²) in [5, 5.41) is 18.1. The van der Waals surface area contributed by atoms with E-state index in [0.29, 0.717) is 17.5 Å². The van der Waals surface area contributed by atoms with Crippen LogP contribution in [-0.2, 0) is 16.0 Å². The van der Waals surface area contributed by atoms with Gasteiger partial charge in [0.25, 0.3) is 0 Å². The summed E-state index contributed by atoms with van der Waals surface area (Å²) in [6.07, 6.45) is -1.18. The van der Waals surface area contributed by atoms with Gasteiger partial charge in [0.05, 0.1) is 0 Å². The van der Waals surface area contributed by atoms with Gasteiger partial charge < -0.3 is 10.2 Å². The summed E-state index contributed by atoms with van der Waals surface area (Å²) < 4.78 is 0. The van der Waals surface area contributed by atoms with Gasteiger partial charge in [0.15, 0.2) is 6.10 Å². The predicted molar refractivity (Wildman–Crippen MR) is 58.2 cm³/mol. The number of benzene rings is 1. The predicted octanol–water partition coefficient (Wildman–Crippen LogP) is 1.24. The zero-order valence-electron chi connectivity index (χ0n) is 9.23. The maximum Gasteiger partial charge on any atom is 0.337 e. The number of ketones is 1. The molecule has 0 saturated heterocycles. The molecule has 0 spiro atoms. The van der Waals surface area contributed by atoms with E-state index in [1.165, 1.54) is 6.92 Å². The minimum Gasteiger partial charge on any atom is -0.479 e. The Morgan fingerprint density at radius 1 is 1.38 bits per heavy atom. The molecule has 0 aliphatic heterocycles. The number of carbonyl (C=O) groups is 2. The molecule has 4 nitrogen and oxygen atoms in total. The summed E-state index contributed by atoms with van der Waals surface area (Å²) in [4.78, 5) is 21.5. The quantitative estimate of drug-likeness (QED) is 0.803. The number of hydrogen-bond donors (Lipinski definition) is 2. The maximum absolute atomic E-state index is 10.9. The molecule has 0 bridgehead atoms. The molecule has 0 aliphatic rings. The van der Waals surface area contributed by atoms with Crippen molar-refractivity contribution in [2.45, 2.75) is 26.4 Å². The number of carboxylic acids is 1. The molecule has 4 heteroatoms. The second-order valence-electron chi connectivity index (χ2n) is 3.81. The SMILES string of the molecule is CC(=O)Cc1ccc(C(O)C(=O)O)c(C)c1. The van der Waals surface area contributed by atoms with Gasteiger partial charge in [0, 0.05) is 6.42 Å². The first-order valence-corrected chi connectivity index (χ1v) is 4.91. The van der Waals surface area contributed by atoms with E-state index in [4.69, 9.17) is 5.11 Å². The first-order valence-electron chi connectivity index (χ1n) is 4.91. The van der Waals surface area contributed by atoms with Crippen molar-refractivity contribution in [1.82, 2.24) is 0 Å². The number of aliphatic hydroxyl groups is 1. The van der Waals surface area contributed by atoms with E-state index in [0.717, 1.165) is 5.56 Å². The highest BCUT2D eigenvalue weighted by Crippen LogP contribution is 2.19. The first kappa shape index (κ1) is 12.4. The van der Waals surface area contributed by atoms with Crippen LogP contribution in [0.25, 0.3) is 0 Å². The summed E-state index contributed by atoms with van der Waals surface area (Å²) in [5.41, 5.74) is 1.86. The Kier molecular flexibility index (Phi) is 3.79. The Labute approximate surface area is 93.5 Å². The third-order valence-electron chi connectivity index (χ3n) is 2.32. The number of aliphatic hydroxyl groups excluding tert-OH is 1. The van der Waals surface area contributed by atoms with Gasteiger partial charge in [-0.15, -0.1) is 0 Å². The van der Waals surface area contributed by atoms with Crippen molar-refractivity contribution < 1.29 is 19.8 Å². The summed E-state index contributed by atoms with van der Waals surface area (Å²) in [5.74, 6) is -1.23. The lowest BCUT2D eigenvalue weighted by Crippen LogP contribution is -2.12. The third-order valence-corrected chi connectivity index (χ3v) is 2.32. The number of aryl methyl sites for hydroxylation is 1.